The van der Waals surface area contributed by atoms with Gasteiger partial charge in [-0.2, -0.15) is 13.2 Å². The normalized spacial score (nSPS) is 21.9. The van der Waals surface area contributed by atoms with E-state index in [2.05, 4.69) is 14.9 Å². The van der Waals surface area contributed by atoms with Crippen molar-refractivity contribution in [2.75, 3.05) is 45.2 Å². The molecule has 2 fully saturated rings. The molecule has 35 heavy (non-hydrogen) atoms. The van der Waals surface area contributed by atoms with E-state index in [0.717, 1.165) is 12.8 Å². The first-order valence-corrected chi connectivity index (χ1v) is 10.8. The maximum atomic E-state index is 13.3. The number of carbonyl (C=O) groups is 3. The van der Waals surface area contributed by atoms with Crippen molar-refractivity contribution in [1.29, 1.82) is 0 Å². The van der Waals surface area contributed by atoms with Gasteiger partial charge in [0.05, 0.1) is 11.7 Å². The van der Waals surface area contributed by atoms with Crippen LogP contribution in [0.2, 0.25) is 0 Å². The predicted octanol–water partition coefficient (Wildman–Crippen LogP) is 2.15. The molecule has 0 bridgehead atoms. The molecule has 4 rings (SSSR count). The molecule has 0 radical (unpaired) electrons. The van der Waals surface area contributed by atoms with Gasteiger partial charge in [-0.25, -0.2) is 14.8 Å². The minimum Gasteiger partial charge on any atom is -0.475 e. The van der Waals surface area contributed by atoms with Crippen LogP contribution in [0.25, 0.3) is 0 Å². The minimum absolute atomic E-state index is 0.00705. The van der Waals surface area contributed by atoms with Crippen LogP contribution in [0.4, 0.5) is 19.1 Å². The zero-order chi connectivity index (χ0) is 25.8. The van der Waals surface area contributed by atoms with Gasteiger partial charge in [0.15, 0.2) is 5.76 Å². The lowest BCUT2D eigenvalue weighted by Crippen LogP contribution is -2.47. The minimum atomic E-state index is -5.08. The molecule has 10 nitrogen and oxygen atoms in total. The van der Waals surface area contributed by atoms with Crippen molar-refractivity contribution in [3.05, 3.63) is 42.6 Å². The highest BCUT2D eigenvalue weighted by Gasteiger charge is 2.54. The molecule has 13 heteroatoms. The van der Waals surface area contributed by atoms with E-state index in [1.165, 1.54) is 6.26 Å². The lowest BCUT2D eigenvalue weighted by molar-refractivity contribution is -0.192. The molecule has 0 saturated carbocycles. The Morgan fingerprint density at radius 3 is 2.37 bits per heavy atom. The Bertz CT molecular complexity index is 1030. The summed E-state index contributed by atoms with van der Waals surface area (Å²) in [5.74, 6) is -1.78. The number of carboxylic acids is 1. The molecule has 2 saturated heterocycles. The molecule has 0 spiro atoms. The highest BCUT2D eigenvalue weighted by molar-refractivity contribution is 5.91. The lowest BCUT2D eigenvalue weighted by atomic mass is 9.74. The average molecular weight is 497 g/mol. The van der Waals surface area contributed by atoms with Crippen LogP contribution < -0.4 is 4.90 Å². The largest absolute Gasteiger partial charge is 0.490 e. The van der Waals surface area contributed by atoms with Gasteiger partial charge in [0.1, 0.15) is 0 Å². The first-order chi connectivity index (χ1) is 16.5. The number of alkyl halides is 3. The Balaban J connectivity index is 0.000000429. The quantitative estimate of drug-likeness (QED) is 0.685. The summed E-state index contributed by atoms with van der Waals surface area (Å²) < 4.78 is 37.0. The molecule has 2 aliphatic heterocycles. The fourth-order valence-electron chi connectivity index (χ4n) is 4.58. The van der Waals surface area contributed by atoms with Crippen LogP contribution in [0.3, 0.4) is 0 Å². The van der Waals surface area contributed by atoms with Gasteiger partial charge < -0.3 is 24.2 Å². The Hall–Kier alpha value is -3.64. The number of likely N-dealkylation sites (tertiary alicyclic amines) is 1. The van der Waals surface area contributed by atoms with E-state index in [1.54, 1.807) is 49.6 Å². The summed E-state index contributed by atoms with van der Waals surface area (Å²) in [6, 6.07) is 5.18. The third-order valence-electron chi connectivity index (χ3n) is 6.12. The van der Waals surface area contributed by atoms with Crippen LogP contribution in [0.15, 0.2) is 41.3 Å². The van der Waals surface area contributed by atoms with Crippen LogP contribution >= 0.6 is 0 Å². The maximum absolute atomic E-state index is 13.3. The zero-order valence-corrected chi connectivity index (χ0v) is 19.2. The summed E-state index contributed by atoms with van der Waals surface area (Å²) in [5, 5.41) is 7.12. The van der Waals surface area contributed by atoms with E-state index >= 15 is 0 Å². The molecule has 0 aliphatic carbocycles. The maximum Gasteiger partial charge on any atom is 0.490 e. The number of carbonyl (C=O) groups excluding carboxylic acids is 2. The summed E-state index contributed by atoms with van der Waals surface area (Å²) in [4.78, 5) is 49.3. The highest BCUT2D eigenvalue weighted by Crippen LogP contribution is 2.44. The number of aliphatic carboxylic acids is 1. The van der Waals surface area contributed by atoms with E-state index in [0.29, 0.717) is 37.9 Å². The Labute approximate surface area is 199 Å². The second kappa shape index (κ2) is 10.3. The number of halogens is 3. The molecular weight excluding hydrogens is 471 g/mol. The molecule has 190 valence electrons. The molecule has 2 amide bonds. The fraction of sp³-hybridized carbons (Fsp3) is 0.500. The number of aromatic nitrogens is 2. The van der Waals surface area contributed by atoms with Crippen molar-refractivity contribution < 1.29 is 37.1 Å². The number of fused-ring (bicyclic) bond motifs is 1. The molecule has 0 aromatic carbocycles. The SMILES string of the molecule is CN(C)C(=O)[C@]12CCCN(C(=O)c3ccco3)C[C@H]1CN(c1ncccn1)C2.O=C(O)C(F)(F)F. The van der Waals surface area contributed by atoms with Crippen LogP contribution in [0.1, 0.15) is 23.4 Å². The standard InChI is InChI=1S/C20H25N5O3.C2HF3O2/c1-23(2)18(27)20-7-4-10-24(17(26)16-6-3-11-28-16)12-15(20)13-25(14-20)19-21-8-5-9-22-19;3-2(4,5)1(6)7/h3,5-6,8-9,11,15H,4,7,10,12-14H2,1-2H3;(H,6,7)/t15-,20-;/m0./s1. The van der Waals surface area contributed by atoms with E-state index in [-0.39, 0.29) is 17.7 Å². The monoisotopic (exact) mass is 497 g/mol. The van der Waals surface area contributed by atoms with Gasteiger partial charge in [-0.1, -0.05) is 0 Å². The van der Waals surface area contributed by atoms with Crippen molar-refractivity contribution in [3.8, 4) is 0 Å². The molecular formula is C22H26F3N5O5. The fourth-order valence-corrected chi connectivity index (χ4v) is 4.58. The van der Waals surface area contributed by atoms with Crippen molar-refractivity contribution in [2.45, 2.75) is 19.0 Å². The van der Waals surface area contributed by atoms with Gasteiger partial charge in [-0.3, -0.25) is 9.59 Å². The van der Waals surface area contributed by atoms with Gasteiger partial charge >= 0.3 is 12.1 Å². The third-order valence-corrected chi connectivity index (χ3v) is 6.12. The summed E-state index contributed by atoms with van der Waals surface area (Å²) >= 11 is 0. The Morgan fingerprint density at radius 1 is 1.17 bits per heavy atom. The van der Waals surface area contributed by atoms with E-state index in [9.17, 15) is 22.8 Å². The van der Waals surface area contributed by atoms with Crippen LogP contribution in [-0.4, -0.2) is 89.1 Å². The molecule has 1 N–H and O–H groups in total. The third kappa shape index (κ3) is 5.72. The summed E-state index contributed by atoms with van der Waals surface area (Å²) in [6.07, 6.45) is 1.36. The Morgan fingerprint density at radius 2 is 1.83 bits per heavy atom. The van der Waals surface area contributed by atoms with E-state index in [4.69, 9.17) is 14.3 Å². The van der Waals surface area contributed by atoms with Gasteiger partial charge in [-0.15, -0.1) is 0 Å². The molecule has 2 aliphatic rings. The van der Waals surface area contributed by atoms with Gasteiger partial charge in [0, 0.05) is 58.6 Å². The molecule has 4 heterocycles. The second-order valence-corrected chi connectivity index (χ2v) is 8.62. The first-order valence-electron chi connectivity index (χ1n) is 10.8. The summed E-state index contributed by atoms with van der Waals surface area (Å²) in [5.41, 5.74) is -0.541. The number of rotatable bonds is 3. The van der Waals surface area contributed by atoms with Crippen LogP contribution in [0, 0.1) is 11.3 Å². The second-order valence-electron chi connectivity index (χ2n) is 8.62. The van der Waals surface area contributed by atoms with E-state index < -0.39 is 17.6 Å². The number of amides is 2. The van der Waals surface area contributed by atoms with Crippen molar-refractivity contribution >= 4 is 23.7 Å². The van der Waals surface area contributed by atoms with Crippen LogP contribution in [-0.2, 0) is 9.59 Å². The van der Waals surface area contributed by atoms with Gasteiger partial charge in [0.25, 0.3) is 5.91 Å². The predicted molar refractivity (Wildman–Crippen MR) is 116 cm³/mol. The lowest BCUT2D eigenvalue weighted by Gasteiger charge is -2.34. The number of hydrogen-bond donors (Lipinski definition) is 1. The first kappa shape index (κ1) is 26.0. The molecule has 2 aromatic heterocycles. The number of anilines is 1. The van der Waals surface area contributed by atoms with Crippen LogP contribution in [0.5, 0.6) is 0 Å². The molecule has 2 atom stereocenters. The number of hydrogen-bond acceptors (Lipinski definition) is 7. The molecule has 0 unspecified atom stereocenters. The number of furan rings is 1. The summed E-state index contributed by atoms with van der Waals surface area (Å²) in [7, 11) is 3.60. The van der Waals surface area contributed by atoms with Crippen molar-refractivity contribution in [3.63, 3.8) is 0 Å². The molecule has 2 aromatic rings. The average Bonchev–Trinajstić information content (AvgIpc) is 3.44. The number of carboxylic acid groups (broad SMARTS) is 1. The van der Waals surface area contributed by atoms with E-state index in [1.807, 2.05) is 4.90 Å². The van der Waals surface area contributed by atoms with Crippen molar-refractivity contribution in [2.24, 2.45) is 11.3 Å². The highest BCUT2D eigenvalue weighted by atomic mass is 19.4. The zero-order valence-electron chi connectivity index (χ0n) is 19.2. The summed E-state index contributed by atoms with van der Waals surface area (Å²) in [6.45, 7) is 2.36. The van der Waals surface area contributed by atoms with Crippen molar-refractivity contribution in [1.82, 2.24) is 19.8 Å². The topological polar surface area (TPSA) is 120 Å². The number of nitrogens with zero attached hydrogens (tertiary/aromatic N) is 5. The smallest absolute Gasteiger partial charge is 0.475 e. The van der Waals surface area contributed by atoms with Gasteiger partial charge in [0.2, 0.25) is 11.9 Å². The Kier molecular flexibility index (Phi) is 7.66. The van der Waals surface area contributed by atoms with Gasteiger partial charge in [-0.05, 0) is 31.0 Å².